The zero-order valence-corrected chi connectivity index (χ0v) is 16.3. The summed E-state index contributed by atoms with van der Waals surface area (Å²) < 4.78 is 5.02. The molecule has 1 aliphatic heterocycles. The maximum absolute atomic E-state index is 13.3. The largest absolute Gasteiger partial charge is 0.340 e. The summed E-state index contributed by atoms with van der Waals surface area (Å²) in [6, 6.07) is 14.1. The molecule has 4 rings (SSSR count). The molecular weight excluding hydrogens is 358 g/mol. The number of nitrogens with zero attached hydrogens (tertiary/aromatic N) is 3. The molecule has 1 aromatic heterocycles. The third kappa shape index (κ3) is 3.76. The van der Waals surface area contributed by atoms with Crippen molar-refractivity contribution in [3.63, 3.8) is 0 Å². The van der Waals surface area contributed by atoms with Crippen molar-refractivity contribution in [1.29, 1.82) is 0 Å². The second kappa shape index (κ2) is 7.56. The number of hydrogen-bond donors (Lipinski definition) is 0. The van der Waals surface area contributed by atoms with Crippen LogP contribution in [-0.2, 0) is 12.2 Å². The molecule has 0 aliphatic carbocycles. The highest BCUT2D eigenvalue weighted by molar-refractivity contribution is 7.98. The predicted molar refractivity (Wildman–Crippen MR) is 106 cm³/mol. The third-order valence-corrected chi connectivity index (χ3v) is 5.71. The summed E-state index contributed by atoms with van der Waals surface area (Å²) in [5.74, 6) is 1.80. The Kier molecular flexibility index (Phi) is 4.99. The van der Waals surface area contributed by atoms with E-state index in [2.05, 4.69) is 35.3 Å². The Balaban J connectivity index is 1.60. The molecule has 1 aliphatic rings. The molecule has 0 saturated carbocycles. The van der Waals surface area contributed by atoms with Crippen LogP contribution in [-0.4, -0.2) is 22.6 Å². The molecule has 138 valence electrons. The Labute approximate surface area is 162 Å². The van der Waals surface area contributed by atoms with E-state index < -0.39 is 0 Å². The van der Waals surface area contributed by atoms with Crippen LogP contribution in [0, 0.1) is 13.8 Å². The van der Waals surface area contributed by atoms with Crippen LogP contribution in [0.15, 0.2) is 51.9 Å². The number of carbonyl (C=O) groups is 1. The maximum atomic E-state index is 13.3. The Hall–Kier alpha value is -2.60. The van der Waals surface area contributed by atoms with Gasteiger partial charge in [-0.2, -0.15) is 4.98 Å². The van der Waals surface area contributed by atoms with Gasteiger partial charge in [-0.3, -0.25) is 4.79 Å². The fourth-order valence-electron chi connectivity index (χ4n) is 3.39. The number of fused-ring (bicyclic) bond motifs is 1. The standard InChI is InChI=1S/C21H21N3O2S/c1-14-9-10-18-16(12-14)6-5-11-24(18)21(25)17-7-3-4-8-19(17)27-13-20-22-15(2)26-23-20/h3-4,7-10,12H,5-6,11,13H2,1-2H3. The molecule has 0 radical (unpaired) electrons. The molecule has 0 bridgehead atoms. The molecule has 1 amide bonds. The monoisotopic (exact) mass is 379 g/mol. The van der Waals surface area contributed by atoms with Crippen LogP contribution in [0.5, 0.6) is 0 Å². The van der Waals surface area contributed by atoms with Gasteiger partial charge >= 0.3 is 0 Å². The van der Waals surface area contributed by atoms with Gasteiger partial charge in [-0.05, 0) is 43.5 Å². The van der Waals surface area contributed by atoms with Gasteiger partial charge in [0.2, 0.25) is 5.89 Å². The number of benzene rings is 2. The van der Waals surface area contributed by atoms with Crippen molar-refractivity contribution >= 4 is 23.4 Å². The number of amides is 1. The van der Waals surface area contributed by atoms with Crippen molar-refractivity contribution in [3.05, 3.63) is 70.9 Å². The third-order valence-electron chi connectivity index (χ3n) is 4.64. The zero-order chi connectivity index (χ0) is 18.8. The molecule has 2 heterocycles. The molecule has 27 heavy (non-hydrogen) atoms. The van der Waals surface area contributed by atoms with E-state index in [1.165, 1.54) is 11.1 Å². The molecular formula is C21H21N3O2S. The lowest BCUT2D eigenvalue weighted by Gasteiger charge is -2.30. The van der Waals surface area contributed by atoms with Crippen molar-refractivity contribution in [2.75, 3.05) is 11.4 Å². The fraction of sp³-hybridized carbons (Fsp3) is 0.286. The Morgan fingerprint density at radius 2 is 2.07 bits per heavy atom. The van der Waals surface area contributed by atoms with Gasteiger partial charge in [0.05, 0.1) is 11.3 Å². The highest BCUT2D eigenvalue weighted by atomic mass is 32.2. The number of thioether (sulfide) groups is 1. The van der Waals surface area contributed by atoms with Crippen LogP contribution in [0.3, 0.4) is 0 Å². The predicted octanol–water partition coefficient (Wildman–Crippen LogP) is 4.57. The van der Waals surface area contributed by atoms with E-state index in [0.717, 1.165) is 35.5 Å². The van der Waals surface area contributed by atoms with E-state index in [0.29, 0.717) is 17.5 Å². The summed E-state index contributed by atoms with van der Waals surface area (Å²) in [6.07, 6.45) is 2.01. The van der Waals surface area contributed by atoms with E-state index in [1.807, 2.05) is 29.2 Å². The molecule has 0 N–H and O–H groups in total. The lowest BCUT2D eigenvalue weighted by molar-refractivity contribution is 0.0982. The number of aryl methyl sites for hydroxylation is 3. The molecule has 0 fully saturated rings. The minimum absolute atomic E-state index is 0.0483. The van der Waals surface area contributed by atoms with Gasteiger partial charge in [0.25, 0.3) is 5.91 Å². The van der Waals surface area contributed by atoms with Gasteiger partial charge < -0.3 is 9.42 Å². The van der Waals surface area contributed by atoms with Crippen molar-refractivity contribution in [3.8, 4) is 0 Å². The second-order valence-corrected chi connectivity index (χ2v) is 7.72. The summed E-state index contributed by atoms with van der Waals surface area (Å²) in [6.45, 7) is 4.61. The van der Waals surface area contributed by atoms with E-state index in [1.54, 1.807) is 18.7 Å². The summed E-state index contributed by atoms with van der Waals surface area (Å²) in [5, 5.41) is 3.93. The van der Waals surface area contributed by atoms with Crippen molar-refractivity contribution in [2.24, 2.45) is 0 Å². The number of rotatable bonds is 4. The van der Waals surface area contributed by atoms with Crippen LogP contribution in [0.25, 0.3) is 0 Å². The number of anilines is 1. The first-order valence-corrected chi connectivity index (χ1v) is 10.0. The summed E-state index contributed by atoms with van der Waals surface area (Å²) in [7, 11) is 0. The van der Waals surface area contributed by atoms with Crippen LogP contribution in [0.1, 0.15) is 39.6 Å². The van der Waals surface area contributed by atoms with Gasteiger partial charge in [0.15, 0.2) is 5.82 Å². The van der Waals surface area contributed by atoms with Crippen LogP contribution in [0.2, 0.25) is 0 Å². The minimum atomic E-state index is 0.0483. The van der Waals surface area contributed by atoms with Gasteiger partial charge in [0.1, 0.15) is 0 Å². The lowest BCUT2D eigenvalue weighted by atomic mass is 9.99. The van der Waals surface area contributed by atoms with Crippen LogP contribution >= 0.6 is 11.8 Å². The van der Waals surface area contributed by atoms with Gasteiger partial charge in [0, 0.05) is 24.1 Å². The Bertz CT molecular complexity index is 983. The lowest BCUT2D eigenvalue weighted by Crippen LogP contribution is -2.35. The van der Waals surface area contributed by atoms with E-state index in [9.17, 15) is 4.79 Å². The summed E-state index contributed by atoms with van der Waals surface area (Å²) >= 11 is 1.56. The molecule has 6 heteroatoms. The van der Waals surface area contributed by atoms with Gasteiger partial charge in [-0.1, -0.05) is 35.0 Å². The van der Waals surface area contributed by atoms with Gasteiger partial charge in [-0.15, -0.1) is 11.8 Å². The highest BCUT2D eigenvalue weighted by Crippen LogP contribution is 2.32. The molecule has 0 unspecified atom stereocenters. The quantitative estimate of drug-likeness (QED) is 0.622. The highest BCUT2D eigenvalue weighted by Gasteiger charge is 2.25. The second-order valence-electron chi connectivity index (χ2n) is 6.71. The first-order valence-electron chi connectivity index (χ1n) is 9.04. The number of aromatic nitrogens is 2. The van der Waals surface area contributed by atoms with Crippen LogP contribution < -0.4 is 4.90 Å². The molecule has 2 aromatic carbocycles. The molecule has 0 atom stereocenters. The van der Waals surface area contributed by atoms with E-state index >= 15 is 0 Å². The minimum Gasteiger partial charge on any atom is -0.340 e. The Morgan fingerprint density at radius 3 is 2.89 bits per heavy atom. The number of carbonyl (C=O) groups excluding carboxylic acids is 1. The van der Waals surface area contributed by atoms with Gasteiger partial charge in [-0.25, -0.2) is 0 Å². The van der Waals surface area contributed by atoms with Crippen molar-refractivity contribution < 1.29 is 9.32 Å². The normalized spacial score (nSPS) is 13.5. The topological polar surface area (TPSA) is 59.2 Å². The van der Waals surface area contributed by atoms with E-state index in [4.69, 9.17) is 4.52 Å². The molecule has 0 saturated heterocycles. The average Bonchev–Trinajstić information content (AvgIpc) is 3.10. The van der Waals surface area contributed by atoms with Crippen LogP contribution in [0.4, 0.5) is 5.69 Å². The Morgan fingerprint density at radius 1 is 1.22 bits per heavy atom. The molecule has 3 aromatic rings. The SMILES string of the molecule is Cc1ccc2c(c1)CCCN2C(=O)c1ccccc1SCc1noc(C)n1. The van der Waals surface area contributed by atoms with E-state index in [-0.39, 0.29) is 5.91 Å². The average molecular weight is 379 g/mol. The van der Waals surface area contributed by atoms with Crippen molar-refractivity contribution in [1.82, 2.24) is 10.1 Å². The first kappa shape index (κ1) is 17.8. The number of hydrogen-bond acceptors (Lipinski definition) is 5. The van der Waals surface area contributed by atoms with Crippen molar-refractivity contribution in [2.45, 2.75) is 37.3 Å². The molecule has 5 nitrogen and oxygen atoms in total. The smallest absolute Gasteiger partial charge is 0.259 e. The zero-order valence-electron chi connectivity index (χ0n) is 15.4. The molecule has 0 spiro atoms. The summed E-state index contributed by atoms with van der Waals surface area (Å²) in [4.78, 5) is 20.4. The fourth-order valence-corrected chi connectivity index (χ4v) is 4.28. The maximum Gasteiger partial charge on any atom is 0.259 e. The summed E-state index contributed by atoms with van der Waals surface area (Å²) in [5.41, 5.74) is 4.23. The first-order chi connectivity index (χ1) is 13.1.